The van der Waals surface area contributed by atoms with E-state index in [1.165, 1.54) is 70.6 Å². The second kappa shape index (κ2) is 28.2. The van der Waals surface area contributed by atoms with Gasteiger partial charge in [-0.25, -0.2) is 0 Å². The van der Waals surface area contributed by atoms with E-state index in [0.29, 0.717) is 12.8 Å². The summed E-state index contributed by atoms with van der Waals surface area (Å²) in [7, 11) is 0. The van der Waals surface area contributed by atoms with Crippen molar-refractivity contribution in [3.8, 4) is 0 Å². The van der Waals surface area contributed by atoms with Gasteiger partial charge in [-0.3, -0.25) is 14.4 Å². The van der Waals surface area contributed by atoms with E-state index >= 15 is 0 Å². The molecule has 0 saturated heterocycles. The van der Waals surface area contributed by atoms with Gasteiger partial charge in [0.25, 0.3) is 0 Å². The van der Waals surface area contributed by atoms with E-state index < -0.39 is 5.97 Å². The van der Waals surface area contributed by atoms with Gasteiger partial charge in [0, 0.05) is 12.8 Å². The first-order valence-corrected chi connectivity index (χ1v) is 15.8. The number of esters is 1. The summed E-state index contributed by atoms with van der Waals surface area (Å²) in [6.45, 7) is 4.12. The normalized spacial score (nSPS) is 12.1. The van der Waals surface area contributed by atoms with Crippen molar-refractivity contribution in [3.05, 3.63) is 12.2 Å². The Morgan fingerprint density at radius 2 is 1.18 bits per heavy atom. The van der Waals surface area contributed by atoms with Crippen molar-refractivity contribution < 1.29 is 24.2 Å². The lowest BCUT2D eigenvalue weighted by molar-refractivity contribution is -0.150. The second-order valence-corrected chi connectivity index (χ2v) is 10.7. The van der Waals surface area contributed by atoms with Crippen LogP contribution in [-0.4, -0.2) is 35.6 Å². The zero-order valence-electron chi connectivity index (χ0n) is 24.8. The number of carboxylic acids is 1. The van der Waals surface area contributed by atoms with E-state index in [0.717, 1.165) is 64.2 Å². The third-order valence-corrected chi connectivity index (χ3v) is 6.92. The average molecular weight is 538 g/mol. The molecule has 6 heteroatoms. The number of ether oxygens (including phenoxy) is 1. The molecule has 0 aromatic heterocycles. The first-order chi connectivity index (χ1) is 18.5. The molecule has 6 nitrogen and oxygen atoms in total. The molecule has 0 aromatic carbocycles. The molecule has 0 spiro atoms. The van der Waals surface area contributed by atoms with Crippen LogP contribution >= 0.6 is 0 Å². The Bertz CT molecular complexity index is 605. The summed E-state index contributed by atoms with van der Waals surface area (Å²) >= 11 is 0. The Kier molecular flexibility index (Phi) is 26.8. The number of nitrogens with one attached hydrogen (secondary N) is 1. The van der Waals surface area contributed by atoms with Gasteiger partial charge in [-0.2, -0.15) is 0 Å². The Morgan fingerprint density at radius 1 is 0.658 bits per heavy atom. The molecule has 0 heterocycles. The van der Waals surface area contributed by atoms with Crippen LogP contribution in [0.3, 0.4) is 0 Å². The summed E-state index contributed by atoms with van der Waals surface area (Å²) in [6.07, 6.45) is 29.0. The van der Waals surface area contributed by atoms with E-state index in [1.807, 2.05) is 0 Å². The van der Waals surface area contributed by atoms with E-state index in [1.54, 1.807) is 0 Å². The zero-order valence-corrected chi connectivity index (χ0v) is 24.8. The summed E-state index contributed by atoms with van der Waals surface area (Å²) in [5.41, 5.74) is 0. The van der Waals surface area contributed by atoms with Crippen LogP contribution in [0.4, 0.5) is 0 Å². The van der Waals surface area contributed by atoms with Crippen LogP contribution in [-0.2, 0) is 19.1 Å². The van der Waals surface area contributed by atoms with Crippen molar-refractivity contribution in [2.45, 2.75) is 168 Å². The smallest absolute Gasteiger partial charge is 0.322 e. The molecule has 1 amide bonds. The number of carbonyl (C=O) groups is 3. The molecule has 1 atom stereocenters. The Labute approximate surface area is 233 Å². The maximum atomic E-state index is 12.5. The molecule has 222 valence electrons. The summed E-state index contributed by atoms with van der Waals surface area (Å²) in [5, 5.41) is 11.0. The van der Waals surface area contributed by atoms with Gasteiger partial charge in [-0.15, -0.1) is 0 Å². The molecule has 0 aliphatic carbocycles. The number of hydrogen-bond acceptors (Lipinski definition) is 4. The SMILES string of the molecule is CCC/C=C\CCCCCCCC(=O)OC(CCCCCCCC)CCCCCCCC(=O)NCC(=O)O. The Balaban J connectivity index is 4.09. The van der Waals surface area contributed by atoms with Gasteiger partial charge in [-0.1, -0.05) is 103 Å². The fourth-order valence-electron chi connectivity index (χ4n) is 4.57. The van der Waals surface area contributed by atoms with E-state index in [9.17, 15) is 14.4 Å². The van der Waals surface area contributed by atoms with Gasteiger partial charge in [0.15, 0.2) is 0 Å². The minimum Gasteiger partial charge on any atom is -0.480 e. The summed E-state index contributed by atoms with van der Waals surface area (Å²) < 4.78 is 5.92. The largest absolute Gasteiger partial charge is 0.480 e. The predicted molar refractivity (Wildman–Crippen MR) is 157 cm³/mol. The Hall–Kier alpha value is -1.85. The second-order valence-electron chi connectivity index (χ2n) is 10.7. The number of hydrogen-bond donors (Lipinski definition) is 2. The lowest BCUT2D eigenvalue weighted by Crippen LogP contribution is -2.28. The fourth-order valence-corrected chi connectivity index (χ4v) is 4.57. The monoisotopic (exact) mass is 537 g/mol. The molecule has 0 aromatic rings. The highest BCUT2D eigenvalue weighted by Crippen LogP contribution is 2.18. The van der Waals surface area contributed by atoms with Crippen LogP contribution in [0.5, 0.6) is 0 Å². The van der Waals surface area contributed by atoms with Gasteiger partial charge in [0.05, 0.1) is 0 Å². The van der Waals surface area contributed by atoms with E-state index in [2.05, 4.69) is 31.3 Å². The first kappa shape index (κ1) is 36.1. The van der Waals surface area contributed by atoms with Crippen LogP contribution in [0, 0.1) is 0 Å². The summed E-state index contributed by atoms with van der Waals surface area (Å²) in [6, 6.07) is 0. The third kappa shape index (κ3) is 27.2. The maximum Gasteiger partial charge on any atom is 0.322 e. The van der Waals surface area contributed by atoms with Gasteiger partial charge in [-0.05, 0) is 57.8 Å². The van der Waals surface area contributed by atoms with Crippen LogP contribution < -0.4 is 5.32 Å². The molecule has 38 heavy (non-hydrogen) atoms. The van der Waals surface area contributed by atoms with Crippen LogP contribution in [0.15, 0.2) is 12.2 Å². The Morgan fingerprint density at radius 3 is 1.79 bits per heavy atom. The third-order valence-electron chi connectivity index (χ3n) is 6.92. The van der Waals surface area contributed by atoms with Crippen LogP contribution in [0.2, 0.25) is 0 Å². The van der Waals surface area contributed by atoms with Gasteiger partial charge < -0.3 is 15.2 Å². The topological polar surface area (TPSA) is 92.7 Å². The molecule has 0 aliphatic heterocycles. The quantitative estimate of drug-likeness (QED) is 0.0591. The van der Waals surface area contributed by atoms with Crippen LogP contribution in [0.25, 0.3) is 0 Å². The lowest BCUT2D eigenvalue weighted by Gasteiger charge is -2.18. The van der Waals surface area contributed by atoms with Crippen molar-refractivity contribution in [1.29, 1.82) is 0 Å². The van der Waals surface area contributed by atoms with Gasteiger partial charge in [0.2, 0.25) is 5.91 Å². The predicted octanol–water partition coefficient (Wildman–Crippen LogP) is 8.67. The van der Waals surface area contributed by atoms with Crippen LogP contribution in [0.1, 0.15) is 162 Å². The number of aliphatic carboxylic acids is 1. The van der Waals surface area contributed by atoms with Crippen molar-refractivity contribution in [2.75, 3.05) is 6.54 Å². The fraction of sp³-hybridized carbons (Fsp3) is 0.844. The van der Waals surface area contributed by atoms with E-state index in [4.69, 9.17) is 9.84 Å². The van der Waals surface area contributed by atoms with Crippen molar-refractivity contribution in [1.82, 2.24) is 5.32 Å². The van der Waals surface area contributed by atoms with Crippen molar-refractivity contribution in [3.63, 3.8) is 0 Å². The number of carboxylic acid groups (broad SMARTS) is 1. The molecule has 0 saturated carbocycles. The molecule has 0 radical (unpaired) electrons. The minimum absolute atomic E-state index is 0.0316. The minimum atomic E-state index is -1.02. The maximum absolute atomic E-state index is 12.5. The van der Waals surface area contributed by atoms with Gasteiger partial charge in [0.1, 0.15) is 12.6 Å². The molecular weight excluding hydrogens is 478 g/mol. The number of carbonyl (C=O) groups excluding carboxylic acids is 2. The van der Waals surface area contributed by atoms with Crippen molar-refractivity contribution >= 4 is 17.8 Å². The average Bonchev–Trinajstić information content (AvgIpc) is 2.89. The number of rotatable bonds is 28. The highest BCUT2D eigenvalue weighted by Gasteiger charge is 2.14. The molecule has 0 fully saturated rings. The standard InChI is InChI=1S/C32H59NO5/c1-3-5-7-9-11-12-13-14-19-23-27-32(37)38-29(24-20-16-10-8-6-4-2)25-21-17-15-18-22-26-30(34)33-28-31(35)36/h7,9,29H,3-6,8,10-28H2,1-2H3,(H,33,34)(H,35,36)/b9-7-. The number of amides is 1. The summed E-state index contributed by atoms with van der Waals surface area (Å²) in [4.78, 5) is 34.5. The zero-order chi connectivity index (χ0) is 28.1. The molecule has 0 rings (SSSR count). The highest BCUT2D eigenvalue weighted by molar-refractivity contribution is 5.80. The van der Waals surface area contributed by atoms with E-state index in [-0.39, 0.29) is 24.5 Å². The highest BCUT2D eigenvalue weighted by atomic mass is 16.5. The summed E-state index contributed by atoms with van der Waals surface area (Å²) in [5.74, 6) is -1.25. The van der Waals surface area contributed by atoms with Gasteiger partial charge >= 0.3 is 11.9 Å². The van der Waals surface area contributed by atoms with Crippen molar-refractivity contribution in [2.24, 2.45) is 0 Å². The number of allylic oxidation sites excluding steroid dienone is 2. The first-order valence-electron chi connectivity index (χ1n) is 15.8. The molecule has 1 unspecified atom stereocenters. The molecule has 2 N–H and O–H groups in total. The molecule has 0 bridgehead atoms. The molecular formula is C32H59NO5. The lowest BCUT2D eigenvalue weighted by atomic mass is 10.0. The molecule has 0 aliphatic rings. The number of unbranched alkanes of at least 4 members (excludes halogenated alkanes) is 15.